The molecule has 2 rings (SSSR count). The van der Waals surface area contributed by atoms with Crippen LogP contribution in [0.3, 0.4) is 0 Å². The second-order valence-corrected chi connectivity index (χ2v) is 4.39. The molecule has 0 radical (unpaired) electrons. The second kappa shape index (κ2) is 7.06. The lowest BCUT2D eigenvalue weighted by atomic mass is 10.2. The van der Waals surface area contributed by atoms with Crippen molar-refractivity contribution in [3.8, 4) is 0 Å². The topological polar surface area (TPSA) is 66.5 Å². The van der Waals surface area contributed by atoms with E-state index < -0.39 is 0 Å². The largest absolute Gasteiger partial charge is 0.379 e. The van der Waals surface area contributed by atoms with Crippen LogP contribution in [0.1, 0.15) is 10.4 Å². The average molecular weight is 264 g/mol. The van der Waals surface area contributed by atoms with Gasteiger partial charge in [-0.25, -0.2) is 4.98 Å². The Morgan fingerprint density at radius 1 is 1.47 bits per heavy atom. The van der Waals surface area contributed by atoms with Crippen LogP contribution in [0.15, 0.2) is 18.3 Å². The van der Waals surface area contributed by atoms with Crippen molar-refractivity contribution >= 4 is 11.7 Å². The molecular weight excluding hydrogens is 244 g/mol. The Hall–Kier alpha value is -1.66. The zero-order valence-corrected chi connectivity index (χ0v) is 11.2. The van der Waals surface area contributed by atoms with E-state index in [-0.39, 0.29) is 5.91 Å². The maximum Gasteiger partial charge on any atom is 0.251 e. The Morgan fingerprint density at radius 2 is 2.26 bits per heavy atom. The van der Waals surface area contributed by atoms with E-state index in [9.17, 15) is 4.79 Å². The van der Waals surface area contributed by atoms with Gasteiger partial charge in [-0.1, -0.05) is 0 Å². The first kappa shape index (κ1) is 13.8. The van der Waals surface area contributed by atoms with Gasteiger partial charge in [0.15, 0.2) is 0 Å². The molecule has 1 saturated heterocycles. The molecule has 1 fully saturated rings. The monoisotopic (exact) mass is 264 g/mol. The van der Waals surface area contributed by atoms with E-state index in [0.29, 0.717) is 17.9 Å². The number of carbonyl (C=O) groups excluding carboxylic acids is 1. The highest BCUT2D eigenvalue weighted by atomic mass is 16.5. The number of rotatable bonds is 5. The van der Waals surface area contributed by atoms with Gasteiger partial charge in [-0.2, -0.15) is 0 Å². The van der Waals surface area contributed by atoms with E-state index in [4.69, 9.17) is 4.74 Å². The normalized spacial score (nSPS) is 16.1. The van der Waals surface area contributed by atoms with Crippen LogP contribution < -0.4 is 10.6 Å². The zero-order chi connectivity index (χ0) is 13.5. The molecule has 1 amide bonds. The third-order valence-electron chi connectivity index (χ3n) is 3.10. The summed E-state index contributed by atoms with van der Waals surface area (Å²) in [6.45, 7) is 4.95. The van der Waals surface area contributed by atoms with Gasteiger partial charge in [-0.3, -0.25) is 9.69 Å². The van der Waals surface area contributed by atoms with Crippen molar-refractivity contribution in [2.75, 3.05) is 51.8 Å². The summed E-state index contributed by atoms with van der Waals surface area (Å²) in [6.07, 6.45) is 1.63. The number of pyridine rings is 1. The quantitative estimate of drug-likeness (QED) is 0.794. The maximum atomic E-state index is 11.9. The van der Waals surface area contributed by atoms with E-state index in [1.807, 2.05) is 0 Å². The molecule has 1 aliphatic heterocycles. The van der Waals surface area contributed by atoms with Crippen molar-refractivity contribution in [2.45, 2.75) is 0 Å². The molecule has 0 spiro atoms. The van der Waals surface area contributed by atoms with Crippen molar-refractivity contribution in [2.24, 2.45) is 0 Å². The third kappa shape index (κ3) is 4.18. The van der Waals surface area contributed by atoms with Gasteiger partial charge in [-0.05, 0) is 12.1 Å². The molecule has 0 aromatic carbocycles. The Kier molecular flexibility index (Phi) is 5.11. The molecule has 2 N–H and O–H groups in total. The Balaban J connectivity index is 1.77. The van der Waals surface area contributed by atoms with E-state index >= 15 is 0 Å². The van der Waals surface area contributed by atoms with Crippen LogP contribution in [0, 0.1) is 0 Å². The van der Waals surface area contributed by atoms with Crippen molar-refractivity contribution in [1.82, 2.24) is 15.2 Å². The molecule has 0 saturated carbocycles. The van der Waals surface area contributed by atoms with Crippen LogP contribution >= 0.6 is 0 Å². The molecule has 19 heavy (non-hydrogen) atoms. The van der Waals surface area contributed by atoms with Gasteiger partial charge in [-0.15, -0.1) is 0 Å². The third-order valence-corrected chi connectivity index (χ3v) is 3.10. The highest BCUT2D eigenvalue weighted by molar-refractivity contribution is 5.94. The molecule has 1 aliphatic rings. The van der Waals surface area contributed by atoms with Crippen LogP contribution in [0.25, 0.3) is 0 Å². The number of nitrogens with one attached hydrogen (secondary N) is 2. The molecule has 0 unspecified atom stereocenters. The van der Waals surface area contributed by atoms with Crippen LogP contribution in [0.5, 0.6) is 0 Å². The van der Waals surface area contributed by atoms with Gasteiger partial charge in [0, 0.05) is 45.0 Å². The number of nitrogens with zero attached hydrogens (tertiary/aromatic N) is 2. The SMILES string of the molecule is CNc1cc(C(=O)NCCN2CCOCC2)ccn1. The number of morpholine rings is 1. The summed E-state index contributed by atoms with van der Waals surface area (Å²) >= 11 is 0. The van der Waals surface area contributed by atoms with Gasteiger partial charge in [0.05, 0.1) is 13.2 Å². The number of aromatic nitrogens is 1. The van der Waals surface area contributed by atoms with Gasteiger partial charge >= 0.3 is 0 Å². The second-order valence-electron chi connectivity index (χ2n) is 4.39. The summed E-state index contributed by atoms with van der Waals surface area (Å²) in [6, 6.07) is 3.45. The molecule has 0 atom stereocenters. The molecule has 0 bridgehead atoms. The molecule has 1 aromatic heterocycles. The summed E-state index contributed by atoms with van der Waals surface area (Å²) in [5.74, 6) is 0.632. The molecule has 104 valence electrons. The molecule has 0 aliphatic carbocycles. The predicted molar refractivity (Wildman–Crippen MR) is 73.4 cm³/mol. The van der Waals surface area contributed by atoms with Gasteiger partial charge in [0.25, 0.3) is 5.91 Å². The minimum Gasteiger partial charge on any atom is -0.379 e. The van der Waals surface area contributed by atoms with Crippen molar-refractivity contribution in [1.29, 1.82) is 0 Å². The Labute approximate surface area is 113 Å². The van der Waals surface area contributed by atoms with Crippen LogP contribution in [0.2, 0.25) is 0 Å². The standard InChI is InChI=1S/C13H20N4O2/c1-14-12-10-11(2-3-15-12)13(18)16-4-5-17-6-8-19-9-7-17/h2-3,10H,4-9H2,1H3,(H,14,15)(H,16,18). The van der Waals surface area contributed by atoms with Crippen molar-refractivity contribution in [3.05, 3.63) is 23.9 Å². The summed E-state index contributed by atoms with van der Waals surface area (Å²) in [5, 5.41) is 5.84. The van der Waals surface area contributed by atoms with E-state index in [1.54, 1.807) is 25.4 Å². The number of amides is 1. The highest BCUT2D eigenvalue weighted by Crippen LogP contribution is 2.05. The minimum atomic E-state index is -0.0628. The Morgan fingerprint density at radius 3 is 3.00 bits per heavy atom. The minimum absolute atomic E-state index is 0.0628. The summed E-state index contributed by atoms with van der Waals surface area (Å²) < 4.78 is 5.28. The van der Waals surface area contributed by atoms with Gasteiger partial charge in [0.2, 0.25) is 0 Å². The van der Waals surface area contributed by atoms with E-state index in [2.05, 4.69) is 20.5 Å². The van der Waals surface area contributed by atoms with Crippen LogP contribution in [0.4, 0.5) is 5.82 Å². The summed E-state index contributed by atoms with van der Waals surface area (Å²) in [7, 11) is 1.78. The number of hydrogen-bond acceptors (Lipinski definition) is 5. The average Bonchev–Trinajstić information content (AvgIpc) is 2.48. The first-order valence-electron chi connectivity index (χ1n) is 6.51. The zero-order valence-electron chi connectivity index (χ0n) is 11.2. The van der Waals surface area contributed by atoms with Gasteiger partial charge in [0.1, 0.15) is 5.82 Å². The van der Waals surface area contributed by atoms with Crippen molar-refractivity contribution in [3.63, 3.8) is 0 Å². The summed E-state index contributed by atoms with van der Waals surface area (Å²) in [4.78, 5) is 18.3. The fourth-order valence-corrected chi connectivity index (χ4v) is 1.96. The molecular formula is C13H20N4O2. The number of carbonyl (C=O) groups is 1. The fraction of sp³-hybridized carbons (Fsp3) is 0.538. The fourth-order valence-electron chi connectivity index (χ4n) is 1.96. The molecule has 2 heterocycles. The number of hydrogen-bond donors (Lipinski definition) is 2. The van der Waals surface area contributed by atoms with E-state index in [1.165, 1.54) is 0 Å². The lowest BCUT2D eigenvalue weighted by molar-refractivity contribution is 0.0383. The molecule has 6 nitrogen and oxygen atoms in total. The maximum absolute atomic E-state index is 11.9. The van der Waals surface area contributed by atoms with E-state index in [0.717, 1.165) is 32.8 Å². The smallest absolute Gasteiger partial charge is 0.251 e. The number of anilines is 1. The molecule has 1 aromatic rings. The van der Waals surface area contributed by atoms with Crippen molar-refractivity contribution < 1.29 is 9.53 Å². The van der Waals surface area contributed by atoms with Crippen LogP contribution in [-0.4, -0.2) is 62.2 Å². The van der Waals surface area contributed by atoms with Crippen LogP contribution in [-0.2, 0) is 4.74 Å². The first-order valence-corrected chi connectivity index (χ1v) is 6.51. The first-order chi connectivity index (χ1) is 9.29. The number of ether oxygens (including phenoxy) is 1. The predicted octanol–water partition coefficient (Wildman–Crippen LogP) is 0.185. The lowest BCUT2D eigenvalue weighted by Gasteiger charge is -2.26. The Bertz CT molecular complexity index is 419. The highest BCUT2D eigenvalue weighted by Gasteiger charge is 2.11. The lowest BCUT2D eigenvalue weighted by Crippen LogP contribution is -2.41. The molecule has 6 heteroatoms. The summed E-state index contributed by atoms with van der Waals surface area (Å²) in [5.41, 5.74) is 0.626. The van der Waals surface area contributed by atoms with Gasteiger partial charge < -0.3 is 15.4 Å².